The van der Waals surface area contributed by atoms with Crippen LogP contribution in [0.15, 0.2) is 231 Å². The Kier molecular flexibility index (Phi) is 7.71. The van der Waals surface area contributed by atoms with E-state index in [4.69, 9.17) is 0 Å². The van der Waals surface area contributed by atoms with Gasteiger partial charge in [-0.2, -0.15) is 0 Å². The zero-order chi connectivity index (χ0) is 40.7. The second-order valence-electron chi connectivity index (χ2n) is 16.7. The van der Waals surface area contributed by atoms with E-state index in [2.05, 4.69) is 231 Å². The number of hydrogen-bond donors (Lipinski definition) is 0. The molecule has 286 valence electrons. The maximum atomic E-state index is 2.47. The van der Waals surface area contributed by atoms with Crippen LogP contribution in [0.4, 0.5) is 0 Å². The summed E-state index contributed by atoms with van der Waals surface area (Å²) in [7, 11) is 0. The standard InChI is InChI=1S/C62H38/c1-2-16-42-35-45(28-27-39(42)13-1)61-56-33-29-44(50-26-12-18-41-15-4-6-20-48(41)50)37-60(56)62(57-34-30-43(36-59(57)61)49-25-11-17-40-14-3-5-19-47(40)49)46-31-32-55-53-23-8-7-21-51(53)52-22-9-10-24-54(52)58(55)38-46/h1-38H. The van der Waals surface area contributed by atoms with Crippen LogP contribution in [0.5, 0.6) is 0 Å². The topological polar surface area (TPSA) is 0 Å². The lowest BCUT2D eigenvalue weighted by Crippen LogP contribution is -1.94. The van der Waals surface area contributed by atoms with Crippen molar-refractivity contribution in [3.8, 4) is 44.5 Å². The van der Waals surface area contributed by atoms with Gasteiger partial charge in [-0.15, -0.1) is 0 Å². The van der Waals surface area contributed by atoms with E-state index < -0.39 is 0 Å². The first kappa shape index (κ1) is 34.8. The van der Waals surface area contributed by atoms with Gasteiger partial charge in [0.1, 0.15) is 0 Å². The van der Waals surface area contributed by atoms with Gasteiger partial charge in [0.05, 0.1) is 0 Å². The van der Waals surface area contributed by atoms with E-state index in [-0.39, 0.29) is 0 Å². The van der Waals surface area contributed by atoms with Gasteiger partial charge in [-0.3, -0.25) is 0 Å². The molecule has 0 spiro atoms. The monoisotopic (exact) mass is 782 g/mol. The highest BCUT2D eigenvalue weighted by Gasteiger charge is 2.21. The van der Waals surface area contributed by atoms with Gasteiger partial charge in [0, 0.05) is 0 Å². The third-order valence-electron chi connectivity index (χ3n) is 13.4. The molecular weight excluding hydrogens is 745 g/mol. The summed E-state index contributed by atoms with van der Waals surface area (Å²) in [6, 6.07) is 86.0. The van der Waals surface area contributed by atoms with Crippen molar-refractivity contribution in [2.24, 2.45) is 0 Å². The highest BCUT2D eigenvalue weighted by Crippen LogP contribution is 2.48. The molecule has 0 radical (unpaired) electrons. The molecule has 0 aliphatic rings. The van der Waals surface area contributed by atoms with E-state index >= 15 is 0 Å². The zero-order valence-corrected chi connectivity index (χ0v) is 33.9. The van der Waals surface area contributed by atoms with E-state index in [1.165, 1.54) is 131 Å². The molecule has 0 atom stereocenters. The van der Waals surface area contributed by atoms with Crippen molar-refractivity contribution in [3.63, 3.8) is 0 Å². The molecule has 0 aliphatic heterocycles. The average molecular weight is 783 g/mol. The maximum Gasteiger partial charge on any atom is -0.00259 e. The molecule has 13 rings (SSSR count). The summed E-state index contributed by atoms with van der Waals surface area (Å²) in [4.78, 5) is 0. The molecule has 0 nitrogen and oxygen atoms in total. The van der Waals surface area contributed by atoms with Gasteiger partial charge in [0.2, 0.25) is 0 Å². The van der Waals surface area contributed by atoms with Gasteiger partial charge in [-0.1, -0.05) is 206 Å². The molecule has 13 aromatic carbocycles. The molecule has 13 aromatic rings. The predicted octanol–water partition coefficient (Wildman–Crippen LogP) is 17.6. The molecule has 0 fully saturated rings. The summed E-state index contributed by atoms with van der Waals surface area (Å²) in [5.74, 6) is 0. The Labute approximate surface area is 359 Å². The van der Waals surface area contributed by atoms with Crippen LogP contribution in [0.2, 0.25) is 0 Å². The highest BCUT2D eigenvalue weighted by molar-refractivity contribution is 6.28. The third-order valence-corrected chi connectivity index (χ3v) is 13.4. The maximum absolute atomic E-state index is 2.47. The van der Waals surface area contributed by atoms with Crippen LogP contribution in [0.25, 0.3) is 131 Å². The van der Waals surface area contributed by atoms with Crippen LogP contribution in [0, 0.1) is 0 Å². The number of rotatable bonds is 4. The van der Waals surface area contributed by atoms with Crippen molar-refractivity contribution in [1.82, 2.24) is 0 Å². The summed E-state index contributed by atoms with van der Waals surface area (Å²) >= 11 is 0. The largest absolute Gasteiger partial charge is 0.0616 e. The number of hydrogen-bond acceptors (Lipinski definition) is 0. The van der Waals surface area contributed by atoms with E-state index in [1.54, 1.807) is 0 Å². The van der Waals surface area contributed by atoms with Crippen LogP contribution in [-0.4, -0.2) is 0 Å². The van der Waals surface area contributed by atoms with Gasteiger partial charge in [0.25, 0.3) is 0 Å². The van der Waals surface area contributed by atoms with Crippen LogP contribution in [-0.2, 0) is 0 Å². The second-order valence-corrected chi connectivity index (χ2v) is 16.7. The van der Waals surface area contributed by atoms with Crippen molar-refractivity contribution in [2.45, 2.75) is 0 Å². The lowest BCUT2D eigenvalue weighted by molar-refractivity contribution is 1.65. The summed E-state index contributed by atoms with van der Waals surface area (Å²) < 4.78 is 0. The van der Waals surface area contributed by atoms with Crippen molar-refractivity contribution >= 4 is 86.2 Å². The molecule has 0 aromatic heterocycles. The fourth-order valence-electron chi connectivity index (χ4n) is 10.5. The highest BCUT2D eigenvalue weighted by atomic mass is 14.2. The van der Waals surface area contributed by atoms with Gasteiger partial charge in [-0.05, 0) is 155 Å². The first-order valence-electron chi connectivity index (χ1n) is 21.6. The van der Waals surface area contributed by atoms with Gasteiger partial charge in [0.15, 0.2) is 0 Å². The Morgan fingerprint density at radius 1 is 0.161 bits per heavy atom. The molecule has 0 bridgehead atoms. The fraction of sp³-hybridized carbons (Fsp3) is 0. The quantitative estimate of drug-likeness (QED) is 0.123. The summed E-state index contributed by atoms with van der Waals surface area (Å²) in [6.45, 7) is 0. The summed E-state index contributed by atoms with van der Waals surface area (Å²) in [5.41, 5.74) is 9.85. The van der Waals surface area contributed by atoms with E-state index in [0.717, 1.165) is 0 Å². The number of benzene rings is 13. The zero-order valence-electron chi connectivity index (χ0n) is 33.9. The SMILES string of the molecule is c1ccc2cc(-c3c4ccc(-c5cccc6ccccc56)cc4c(-c4ccc5c6ccccc6c6ccccc6c5c4)c4ccc(-c5cccc6ccccc56)cc34)ccc2c1. The predicted molar refractivity (Wildman–Crippen MR) is 268 cm³/mol. The van der Waals surface area contributed by atoms with Gasteiger partial charge < -0.3 is 0 Å². The minimum atomic E-state index is 1.21. The Morgan fingerprint density at radius 2 is 0.516 bits per heavy atom. The Balaban J connectivity index is 1.19. The van der Waals surface area contributed by atoms with Crippen molar-refractivity contribution in [2.75, 3.05) is 0 Å². The van der Waals surface area contributed by atoms with Crippen molar-refractivity contribution < 1.29 is 0 Å². The van der Waals surface area contributed by atoms with Crippen LogP contribution >= 0.6 is 0 Å². The molecule has 0 saturated heterocycles. The Morgan fingerprint density at radius 3 is 1.06 bits per heavy atom. The fourth-order valence-corrected chi connectivity index (χ4v) is 10.5. The first-order valence-corrected chi connectivity index (χ1v) is 21.6. The van der Waals surface area contributed by atoms with Crippen molar-refractivity contribution in [3.05, 3.63) is 231 Å². The minimum absolute atomic E-state index is 1.21. The molecular formula is C62H38. The Hall–Kier alpha value is -8.06. The lowest BCUT2D eigenvalue weighted by atomic mass is 9.82. The third kappa shape index (κ3) is 5.34. The van der Waals surface area contributed by atoms with Crippen LogP contribution in [0.1, 0.15) is 0 Å². The summed E-state index contributed by atoms with van der Waals surface area (Å²) in [6.07, 6.45) is 0. The number of fused-ring (bicyclic) bond motifs is 11. The van der Waals surface area contributed by atoms with Crippen molar-refractivity contribution in [1.29, 1.82) is 0 Å². The van der Waals surface area contributed by atoms with E-state index in [9.17, 15) is 0 Å². The average Bonchev–Trinajstić information content (AvgIpc) is 3.34. The van der Waals surface area contributed by atoms with E-state index in [1.807, 2.05) is 0 Å². The molecule has 0 aliphatic carbocycles. The van der Waals surface area contributed by atoms with Crippen LogP contribution < -0.4 is 0 Å². The lowest BCUT2D eigenvalue weighted by Gasteiger charge is -2.21. The second kappa shape index (κ2) is 13.7. The molecule has 0 amide bonds. The minimum Gasteiger partial charge on any atom is -0.0616 e. The molecule has 0 heterocycles. The molecule has 0 saturated carbocycles. The van der Waals surface area contributed by atoms with Crippen LogP contribution in [0.3, 0.4) is 0 Å². The normalized spacial score (nSPS) is 11.9. The smallest absolute Gasteiger partial charge is 0.00259 e. The first-order chi connectivity index (χ1) is 30.7. The van der Waals surface area contributed by atoms with Gasteiger partial charge >= 0.3 is 0 Å². The molecule has 0 heteroatoms. The van der Waals surface area contributed by atoms with Gasteiger partial charge in [-0.25, -0.2) is 0 Å². The molecule has 0 unspecified atom stereocenters. The molecule has 0 N–H and O–H groups in total. The molecule has 62 heavy (non-hydrogen) atoms. The van der Waals surface area contributed by atoms with E-state index in [0.29, 0.717) is 0 Å². The Bertz CT molecular complexity index is 3930. The summed E-state index contributed by atoms with van der Waals surface area (Å²) in [5, 5.41) is 20.1.